The third kappa shape index (κ3) is 6.43. The van der Waals surface area contributed by atoms with Crippen molar-refractivity contribution in [3.05, 3.63) is 66.2 Å². The number of hydrogen-bond donors (Lipinski definition) is 5. The zero-order chi connectivity index (χ0) is 29.9. The van der Waals surface area contributed by atoms with Gasteiger partial charge in [-0.25, -0.2) is 0 Å². The summed E-state index contributed by atoms with van der Waals surface area (Å²) in [5.74, 6) is -1.21. The Morgan fingerprint density at radius 1 is 0.927 bits per heavy atom. The molecule has 0 bridgehead atoms. The number of nitrogens with one attached hydrogen (secondary N) is 1. The Hall–Kier alpha value is -5.41. The molecule has 210 valence electrons. The second-order valence-corrected chi connectivity index (χ2v) is 9.98. The number of methoxy groups -OCH3 is 1. The van der Waals surface area contributed by atoms with E-state index in [-0.39, 0.29) is 56.3 Å². The fourth-order valence-corrected chi connectivity index (χ4v) is 4.33. The normalized spacial score (nSPS) is 11.8. The van der Waals surface area contributed by atoms with Gasteiger partial charge >= 0.3 is 0 Å². The summed E-state index contributed by atoms with van der Waals surface area (Å²) < 4.78 is 37.8. The highest BCUT2D eigenvalue weighted by atomic mass is 32.2. The van der Waals surface area contributed by atoms with E-state index in [0.29, 0.717) is 5.69 Å². The molecule has 4 rings (SSSR count). The van der Waals surface area contributed by atoms with Crippen molar-refractivity contribution < 1.29 is 32.4 Å². The van der Waals surface area contributed by atoms with Crippen molar-refractivity contribution >= 4 is 66.8 Å². The van der Waals surface area contributed by atoms with Gasteiger partial charge in [-0.1, -0.05) is 12.1 Å². The molecule has 0 heterocycles. The standard InChI is InChI=1S/C26H23N7O7S/c1-13(34)29-20-11-22(23(40-2)12-21(20)32-30-16-5-3-4-15(8-16)26(28)36)33-31-19-7-6-14-9-17(41(37,38)39)10-18(27)24(14)25(19)35/h3-12,35H,27H2,1-2H3,(H2,28,36)(H,29,34)(H,37,38,39). The highest BCUT2D eigenvalue weighted by Crippen LogP contribution is 2.43. The first-order chi connectivity index (χ1) is 19.4. The molecule has 14 nitrogen and oxygen atoms in total. The lowest BCUT2D eigenvalue weighted by Crippen LogP contribution is -2.10. The molecule has 0 atom stereocenters. The Balaban J connectivity index is 1.74. The number of aromatic hydroxyl groups is 1. The molecule has 4 aromatic carbocycles. The quantitative estimate of drug-likeness (QED) is 0.105. The Labute approximate surface area is 233 Å². The Bertz CT molecular complexity index is 1870. The van der Waals surface area contributed by atoms with Crippen LogP contribution in [0.15, 0.2) is 86.0 Å². The van der Waals surface area contributed by atoms with Gasteiger partial charge in [0.15, 0.2) is 5.75 Å². The zero-order valence-corrected chi connectivity index (χ0v) is 22.4. The van der Waals surface area contributed by atoms with Crippen molar-refractivity contribution in [2.75, 3.05) is 18.2 Å². The largest absolute Gasteiger partial charge is 0.505 e. The van der Waals surface area contributed by atoms with Gasteiger partial charge in [0.1, 0.15) is 22.8 Å². The number of nitrogens with two attached hydrogens (primary N) is 2. The van der Waals surface area contributed by atoms with Gasteiger partial charge in [0.05, 0.1) is 23.4 Å². The third-order valence-electron chi connectivity index (χ3n) is 5.65. The minimum atomic E-state index is -4.52. The van der Waals surface area contributed by atoms with E-state index in [1.807, 2.05) is 0 Å². The van der Waals surface area contributed by atoms with Crippen molar-refractivity contribution in [3.8, 4) is 11.5 Å². The van der Waals surface area contributed by atoms with Gasteiger partial charge in [0.25, 0.3) is 10.1 Å². The molecule has 2 amide bonds. The number of nitrogens with zero attached hydrogens (tertiary/aromatic N) is 4. The number of anilines is 2. The number of phenols is 1. The molecule has 7 N–H and O–H groups in total. The molecule has 15 heteroatoms. The maximum Gasteiger partial charge on any atom is 0.294 e. The van der Waals surface area contributed by atoms with E-state index in [0.717, 1.165) is 12.1 Å². The summed E-state index contributed by atoms with van der Waals surface area (Å²) in [5.41, 5.74) is 12.3. The molecule has 0 radical (unpaired) electrons. The summed E-state index contributed by atoms with van der Waals surface area (Å²) in [4.78, 5) is 22.9. The second-order valence-electron chi connectivity index (χ2n) is 8.56. The average molecular weight is 578 g/mol. The molecule has 0 unspecified atom stereocenters. The number of rotatable bonds is 8. The van der Waals surface area contributed by atoms with Gasteiger partial charge in [-0.3, -0.25) is 14.1 Å². The van der Waals surface area contributed by atoms with Crippen LogP contribution in [0, 0.1) is 0 Å². The van der Waals surface area contributed by atoms with Gasteiger partial charge < -0.3 is 26.6 Å². The van der Waals surface area contributed by atoms with Gasteiger partial charge in [-0.15, -0.1) is 15.3 Å². The number of carbonyl (C=O) groups is 2. The summed E-state index contributed by atoms with van der Waals surface area (Å²) in [7, 11) is -3.14. The highest BCUT2D eigenvalue weighted by Gasteiger charge is 2.17. The smallest absolute Gasteiger partial charge is 0.294 e. The molecule has 0 saturated heterocycles. The molecular formula is C26H23N7O7S. The number of primary amides is 1. The number of azo groups is 2. The van der Waals surface area contributed by atoms with E-state index < -0.39 is 26.8 Å². The van der Waals surface area contributed by atoms with Crippen LogP contribution in [0.1, 0.15) is 17.3 Å². The Morgan fingerprint density at radius 3 is 2.29 bits per heavy atom. The average Bonchev–Trinajstić information content (AvgIpc) is 2.91. The fourth-order valence-electron chi connectivity index (χ4n) is 3.78. The van der Waals surface area contributed by atoms with E-state index in [9.17, 15) is 27.7 Å². The summed E-state index contributed by atoms with van der Waals surface area (Å²) in [5, 5.41) is 30.3. The predicted octanol–water partition coefficient (Wildman–Crippen LogP) is 5.27. The number of nitrogen functional groups attached to an aromatic ring is 1. The molecule has 0 fully saturated rings. The number of fused-ring (bicyclic) bond motifs is 1. The number of phenolic OH excluding ortho intramolecular Hbond substituents is 1. The highest BCUT2D eigenvalue weighted by molar-refractivity contribution is 7.85. The predicted molar refractivity (Wildman–Crippen MR) is 150 cm³/mol. The van der Waals surface area contributed by atoms with Crippen LogP contribution in [-0.4, -0.2) is 37.0 Å². The Kier molecular flexibility index (Phi) is 7.93. The number of carbonyl (C=O) groups excluding carboxylic acids is 2. The van der Waals surface area contributed by atoms with Crippen LogP contribution in [-0.2, 0) is 14.9 Å². The number of ether oxygens (including phenoxy) is 1. The minimum Gasteiger partial charge on any atom is -0.505 e. The molecule has 0 spiro atoms. The van der Waals surface area contributed by atoms with Gasteiger partial charge in [0, 0.05) is 29.6 Å². The maximum atomic E-state index is 11.9. The number of hydrogen-bond acceptors (Lipinski definition) is 11. The SMILES string of the molecule is COc1cc(N=Nc2cccc(C(N)=O)c2)c(NC(C)=O)cc1N=Nc1ccc2cc(S(=O)(=O)O)cc(N)c2c1O. The van der Waals surface area contributed by atoms with Gasteiger partial charge in [-0.05, 0) is 47.9 Å². The second kappa shape index (κ2) is 11.4. The molecule has 4 aromatic rings. The van der Waals surface area contributed by atoms with Crippen LogP contribution in [0.4, 0.5) is 34.1 Å². The molecule has 0 aromatic heterocycles. The summed E-state index contributed by atoms with van der Waals surface area (Å²) in [6.07, 6.45) is 0. The molecule has 0 aliphatic carbocycles. The summed E-state index contributed by atoms with van der Waals surface area (Å²) >= 11 is 0. The summed E-state index contributed by atoms with van der Waals surface area (Å²) in [6.45, 7) is 1.30. The first-order valence-electron chi connectivity index (χ1n) is 11.6. The first kappa shape index (κ1) is 28.6. The van der Waals surface area contributed by atoms with Crippen LogP contribution >= 0.6 is 0 Å². The van der Waals surface area contributed by atoms with Gasteiger partial charge in [-0.2, -0.15) is 13.5 Å². The zero-order valence-electron chi connectivity index (χ0n) is 21.6. The van der Waals surface area contributed by atoms with Crippen LogP contribution in [0.3, 0.4) is 0 Å². The summed E-state index contributed by atoms with van der Waals surface area (Å²) in [6, 6.07) is 14.1. The molecule has 0 aliphatic rings. The fraction of sp³-hybridized carbons (Fsp3) is 0.0769. The maximum absolute atomic E-state index is 11.9. The molecule has 0 saturated carbocycles. The monoisotopic (exact) mass is 577 g/mol. The van der Waals surface area contributed by atoms with Crippen molar-refractivity contribution in [2.45, 2.75) is 11.8 Å². The topological polar surface area (TPSA) is 231 Å². The third-order valence-corrected chi connectivity index (χ3v) is 6.48. The van der Waals surface area contributed by atoms with Crippen LogP contribution < -0.4 is 21.5 Å². The molecule has 0 aliphatic heterocycles. The van der Waals surface area contributed by atoms with Crippen molar-refractivity contribution in [3.63, 3.8) is 0 Å². The van der Waals surface area contributed by atoms with Crippen LogP contribution in [0.25, 0.3) is 10.8 Å². The van der Waals surface area contributed by atoms with Crippen molar-refractivity contribution in [2.24, 2.45) is 26.2 Å². The van der Waals surface area contributed by atoms with E-state index in [2.05, 4.69) is 25.8 Å². The Morgan fingerprint density at radius 2 is 1.63 bits per heavy atom. The molecule has 41 heavy (non-hydrogen) atoms. The van der Waals surface area contributed by atoms with E-state index in [1.165, 1.54) is 50.4 Å². The van der Waals surface area contributed by atoms with Crippen molar-refractivity contribution in [1.82, 2.24) is 0 Å². The van der Waals surface area contributed by atoms with Gasteiger partial charge in [0.2, 0.25) is 11.8 Å². The number of amides is 2. The lowest BCUT2D eigenvalue weighted by molar-refractivity contribution is -0.114. The lowest BCUT2D eigenvalue weighted by atomic mass is 10.1. The minimum absolute atomic E-state index is 0.00923. The van der Waals surface area contributed by atoms with Crippen LogP contribution in [0.5, 0.6) is 11.5 Å². The molecular weight excluding hydrogens is 554 g/mol. The lowest BCUT2D eigenvalue weighted by Gasteiger charge is -2.11. The van der Waals surface area contributed by atoms with E-state index in [1.54, 1.807) is 12.1 Å². The van der Waals surface area contributed by atoms with E-state index in [4.69, 9.17) is 16.2 Å². The van der Waals surface area contributed by atoms with E-state index >= 15 is 0 Å². The van der Waals surface area contributed by atoms with Crippen LogP contribution in [0.2, 0.25) is 0 Å². The number of benzene rings is 4. The first-order valence-corrected chi connectivity index (χ1v) is 13.1. The van der Waals surface area contributed by atoms with Crippen molar-refractivity contribution in [1.29, 1.82) is 0 Å².